The van der Waals surface area contributed by atoms with Crippen LogP contribution in [0.15, 0.2) is 42.7 Å². The molecule has 0 saturated heterocycles. The molecule has 1 aromatic heterocycles. The van der Waals surface area contributed by atoms with Crippen molar-refractivity contribution in [1.82, 2.24) is 20.2 Å². The zero-order chi connectivity index (χ0) is 20.8. The van der Waals surface area contributed by atoms with Crippen molar-refractivity contribution in [2.45, 2.75) is 24.9 Å². The lowest BCUT2D eigenvalue weighted by Crippen LogP contribution is -2.42. The highest BCUT2D eigenvalue weighted by molar-refractivity contribution is 6.32. The quantitative estimate of drug-likeness (QED) is 0.586. The lowest BCUT2D eigenvalue weighted by Gasteiger charge is -2.24. The van der Waals surface area contributed by atoms with E-state index in [2.05, 4.69) is 20.6 Å². The molecule has 1 aliphatic heterocycles. The van der Waals surface area contributed by atoms with Gasteiger partial charge >= 0.3 is 0 Å². The van der Waals surface area contributed by atoms with Crippen LogP contribution in [0.25, 0.3) is 11.0 Å². The lowest BCUT2D eigenvalue weighted by atomic mass is 10.0. The highest BCUT2D eigenvalue weighted by atomic mass is 35.5. The Morgan fingerprint density at radius 1 is 1.23 bits per heavy atom. The topological polar surface area (TPSA) is 107 Å². The molecule has 2 aromatic carbocycles. The van der Waals surface area contributed by atoms with E-state index in [0.29, 0.717) is 32.9 Å². The van der Waals surface area contributed by atoms with Gasteiger partial charge in [0.15, 0.2) is 0 Å². The molecule has 3 N–H and O–H groups in total. The Labute approximate surface area is 176 Å². The molecule has 0 bridgehead atoms. The number of hydrogen-bond acceptors (Lipinski definition) is 4. The van der Waals surface area contributed by atoms with Crippen LogP contribution in [-0.4, -0.2) is 45.2 Å². The smallest absolute Gasteiger partial charge is 0.255 e. The molecule has 0 spiro atoms. The van der Waals surface area contributed by atoms with Crippen LogP contribution in [0.4, 0.5) is 5.69 Å². The number of aromatic amines is 1. The van der Waals surface area contributed by atoms with Crippen molar-refractivity contribution < 1.29 is 14.4 Å². The highest BCUT2D eigenvalue weighted by Gasteiger charge is 2.47. The molecule has 0 unspecified atom stereocenters. The van der Waals surface area contributed by atoms with E-state index >= 15 is 0 Å². The van der Waals surface area contributed by atoms with Gasteiger partial charge in [-0.15, -0.1) is 0 Å². The van der Waals surface area contributed by atoms with Crippen molar-refractivity contribution in [1.29, 1.82) is 0 Å². The summed E-state index contributed by atoms with van der Waals surface area (Å²) < 4.78 is 0. The number of benzene rings is 2. The van der Waals surface area contributed by atoms with Crippen LogP contribution in [0.2, 0.25) is 5.02 Å². The average molecular weight is 424 g/mol. The summed E-state index contributed by atoms with van der Waals surface area (Å²) in [6, 6.07) is 9.81. The van der Waals surface area contributed by atoms with E-state index in [1.54, 1.807) is 35.2 Å². The first kappa shape index (κ1) is 18.6. The van der Waals surface area contributed by atoms with Gasteiger partial charge < -0.3 is 20.5 Å². The number of imidazole rings is 1. The molecule has 2 heterocycles. The minimum Gasteiger partial charge on any atom is -0.345 e. The maximum Gasteiger partial charge on any atom is 0.255 e. The number of rotatable bonds is 5. The first-order valence-electron chi connectivity index (χ1n) is 9.64. The Morgan fingerprint density at radius 2 is 2.03 bits per heavy atom. The van der Waals surface area contributed by atoms with Crippen LogP contribution in [0.3, 0.4) is 0 Å². The lowest BCUT2D eigenvalue weighted by molar-refractivity contribution is -0.127. The molecule has 9 heteroatoms. The van der Waals surface area contributed by atoms with E-state index in [1.807, 2.05) is 6.07 Å². The first-order valence-corrected chi connectivity index (χ1v) is 10.0. The van der Waals surface area contributed by atoms with Gasteiger partial charge in [0, 0.05) is 16.6 Å². The number of carbonyl (C=O) groups is 3. The van der Waals surface area contributed by atoms with Crippen LogP contribution in [-0.2, 0) is 9.59 Å². The van der Waals surface area contributed by atoms with E-state index in [4.69, 9.17) is 11.6 Å². The monoisotopic (exact) mass is 423 g/mol. The van der Waals surface area contributed by atoms with Gasteiger partial charge in [-0.05, 0) is 36.6 Å². The molecule has 2 aliphatic rings. The second kappa shape index (κ2) is 7.14. The summed E-state index contributed by atoms with van der Waals surface area (Å²) in [5.41, 5.74) is 2.96. The highest BCUT2D eigenvalue weighted by Crippen LogP contribution is 2.41. The summed E-state index contributed by atoms with van der Waals surface area (Å²) in [5.74, 6) is -0.908. The second-order valence-electron chi connectivity index (χ2n) is 7.45. The molecule has 8 nitrogen and oxygen atoms in total. The molecule has 3 aromatic rings. The molecule has 1 saturated carbocycles. The predicted molar refractivity (Wildman–Crippen MR) is 111 cm³/mol. The van der Waals surface area contributed by atoms with Gasteiger partial charge in [-0.25, -0.2) is 4.98 Å². The predicted octanol–water partition coefficient (Wildman–Crippen LogP) is 2.63. The summed E-state index contributed by atoms with van der Waals surface area (Å²) in [7, 11) is 0. The van der Waals surface area contributed by atoms with Crippen molar-refractivity contribution in [2.24, 2.45) is 0 Å². The summed E-state index contributed by atoms with van der Waals surface area (Å²) in [5, 5.41) is 5.85. The fourth-order valence-electron chi connectivity index (χ4n) is 3.90. The summed E-state index contributed by atoms with van der Waals surface area (Å²) in [6.45, 7) is -0.234. The van der Waals surface area contributed by atoms with Crippen LogP contribution < -0.4 is 10.6 Å². The fourth-order valence-corrected chi connectivity index (χ4v) is 4.12. The maximum absolute atomic E-state index is 13.0. The van der Waals surface area contributed by atoms with Crippen LogP contribution >= 0.6 is 11.6 Å². The molecule has 5 rings (SSSR count). The van der Waals surface area contributed by atoms with Crippen LogP contribution in [0, 0.1) is 0 Å². The van der Waals surface area contributed by atoms with Gasteiger partial charge in [-0.3, -0.25) is 14.4 Å². The van der Waals surface area contributed by atoms with E-state index in [-0.39, 0.29) is 24.4 Å². The van der Waals surface area contributed by atoms with Crippen molar-refractivity contribution in [3.05, 3.63) is 58.9 Å². The van der Waals surface area contributed by atoms with E-state index in [1.165, 1.54) is 6.33 Å². The minimum absolute atomic E-state index is 0.0777. The summed E-state index contributed by atoms with van der Waals surface area (Å²) in [6.07, 6.45) is 3.29. The average Bonchev–Trinajstić information content (AvgIpc) is 3.38. The van der Waals surface area contributed by atoms with Crippen molar-refractivity contribution in [3.8, 4) is 0 Å². The van der Waals surface area contributed by atoms with E-state index in [0.717, 1.165) is 12.8 Å². The van der Waals surface area contributed by atoms with E-state index in [9.17, 15) is 14.4 Å². The molecule has 30 heavy (non-hydrogen) atoms. The largest absolute Gasteiger partial charge is 0.345 e. The Kier molecular flexibility index (Phi) is 4.43. The third-order valence-electron chi connectivity index (χ3n) is 5.37. The number of nitrogens with one attached hydrogen (secondary N) is 3. The number of hydrogen-bond donors (Lipinski definition) is 3. The second-order valence-corrected chi connectivity index (χ2v) is 7.89. The third-order valence-corrected chi connectivity index (χ3v) is 5.59. The third kappa shape index (κ3) is 3.19. The number of amides is 3. The normalized spacial score (nSPS) is 17.8. The maximum atomic E-state index is 13.0. The summed E-state index contributed by atoms with van der Waals surface area (Å²) >= 11 is 6.08. The number of H-pyrrole nitrogens is 1. The number of carbonyl (C=O) groups excluding carboxylic acids is 3. The molecule has 0 radical (unpaired) electrons. The molecule has 1 fully saturated rings. The Balaban J connectivity index is 1.30. The molecular formula is C21H18ClN5O3. The van der Waals surface area contributed by atoms with Crippen molar-refractivity contribution in [2.75, 3.05) is 11.9 Å². The number of anilines is 1. The Bertz CT molecular complexity index is 1190. The Hall–Kier alpha value is -3.39. The standard InChI is InChI=1S/C21H18ClN5O3/c22-11-7-15-18(25-10-24-15)16(8-11)26-17(28)9-23-20(29)19-13-3-1-2-4-14(13)21(30)27(19)12-5-6-12/h1-4,7-8,10,12,19H,5-6,9H2,(H,23,29)(H,24,25)(H,26,28)/t19-/m1/s1. The number of fused-ring (bicyclic) bond motifs is 2. The Morgan fingerprint density at radius 3 is 2.83 bits per heavy atom. The molecule has 1 atom stereocenters. The summed E-state index contributed by atoms with van der Waals surface area (Å²) in [4.78, 5) is 46.9. The zero-order valence-corrected chi connectivity index (χ0v) is 16.6. The van der Waals surface area contributed by atoms with Gasteiger partial charge in [-0.1, -0.05) is 29.8 Å². The van der Waals surface area contributed by atoms with Crippen LogP contribution in [0.5, 0.6) is 0 Å². The van der Waals surface area contributed by atoms with Crippen molar-refractivity contribution >= 4 is 46.0 Å². The van der Waals surface area contributed by atoms with Crippen molar-refractivity contribution in [3.63, 3.8) is 0 Å². The number of aromatic nitrogens is 2. The van der Waals surface area contributed by atoms with Gasteiger partial charge in [-0.2, -0.15) is 0 Å². The molecule has 1 aliphatic carbocycles. The van der Waals surface area contributed by atoms with Gasteiger partial charge in [0.2, 0.25) is 11.8 Å². The molecule has 152 valence electrons. The minimum atomic E-state index is -0.710. The zero-order valence-electron chi connectivity index (χ0n) is 15.8. The molecule has 3 amide bonds. The SMILES string of the molecule is O=C(CNC(=O)[C@H]1c2ccccc2C(=O)N1C1CC1)Nc1cc(Cl)cc2[nH]cnc12. The van der Waals surface area contributed by atoms with Gasteiger partial charge in [0.05, 0.1) is 24.1 Å². The number of nitrogens with zero attached hydrogens (tertiary/aromatic N) is 2. The van der Waals surface area contributed by atoms with Crippen LogP contribution in [0.1, 0.15) is 34.8 Å². The fraction of sp³-hybridized carbons (Fsp3) is 0.238. The first-order chi connectivity index (χ1) is 14.5. The van der Waals surface area contributed by atoms with Gasteiger partial charge in [0.1, 0.15) is 11.6 Å². The van der Waals surface area contributed by atoms with Gasteiger partial charge in [0.25, 0.3) is 5.91 Å². The van der Waals surface area contributed by atoms with E-state index < -0.39 is 11.9 Å². The molecular weight excluding hydrogens is 406 g/mol. The number of halogens is 1.